The van der Waals surface area contributed by atoms with Gasteiger partial charge in [-0.15, -0.1) is 0 Å². The zero-order valence-corrected chi connectivity index (χ0v) is 4.56. The van der Waals surface area contributed by atoms with E-state index in [4.69, 9.17) is 0 Å². The van der Waals surface area contributed by atoms with Crippen LogP contribution in [0.4, 0.5) is 0 Å². The van der Waals surface area contributed by atoms with Gasteiger partial charge in [-0.05, 0) is 25.2 Å². The minimum absolute atomic E-state index is 0.854. The first-order chi connectivity index (χ1) is 3.38. The number of hydrogen-bond acceptors (Lipinski definition) is 0. The van der Waals surface area contributed by atoms with E-state index in [0.29, 0.717) is 0 Å². The van der Waals surface area contributed by atoms with Gasteiger partial charge < -0.3 is 0 Å². The van der Waals surface area contributed by atoms with Gasteiger partial charge in [0.1, 0.15) is 0 Å². The first-order valence-corrected chi connectivity index (χ1v) is 3.21. The van der Waals surface area contributed by atoms with Crippen LogP contribution in [0.15, 0.2) is 0 Å². The molecular formula is C7H11+. The molecular weight excluding hydrogens is 84.1 g/mol. The largest absolute Gasteiger partial charge is 0.0989 e. The first-order valence-electron chi connectivity index (χ1n) is 3.21. The Hall–Kier alpha value is -0.130. The minimum atomic E-state index is 0.854. The molecule has 0 aliphatic heterocycles. The lowest BCUT2D eigenvalue weighted by molar-refractivity contribution is 0.680. The zero-order valence-electron chi connectivity index (χ0n) is 4.56. The Morgan fingerprint density at radius 2 is 1.86 bits per heavy atom. The zero-order chi connectivity index (χ0) is 4.85. The van der Waals surface area contributed by atoms with E-state index in [9.17, 15) is 0 Å². The lowest BCUT2D eigenvalue weighted by Gasteiger charge is -1.78. The predicted molar refractivity (Wildman–Crippen MR) is 29.7 cm³/mol. The van der Waals surface area contributed by atoms with E-state index in [-0.39, 0.29) is 0 Å². The Morgan fingerprint density at radius 1 is 1.29 bits per heavy atom. The highest BCUT2D eigenvalue weighted by molar-refractivity contribution is 4.97. The molecule has 0 aromatic heterocycles. The molecule has 0 spiro atoms. The lowest BCUT2D eigenvalue weighted by atomic mass is 10.2. The average molecular weight is 95.2 g/mol. The van der Waals surface area contributed by atoms with Crippen molar-refractivity contribution in [1.29, 1.82) is 0 Å². The summed E-state index contributed by atoms with van der Waals surface area (Å²) in [7, 11) is 0. The van der Waals surface area contributed by atoms with Crippen LogP contribution in [0.5, 0.6) is 0 Å². The second-order valence-electron chi connectivity index (χ2n) is 3.00. The molecule has 2 aliphatic carbocycles. The summed E-state index contributed by atoms with van der Waals surface area (Å²) in [5, 5.41) is 0. The summed E-state index contributed by atoms with van der Waals surface area (Å²) in [4.78, 5) is 0. The van der Waals surface area contributed by atoms with Gasteiger partial charge in [0.25, 0.3) is 0 Å². The Balaban J connectivity index is 1.88. The summed E-state index contributed by atoms with van der Waals surface area (Å²) in [5.41, 5.74) is 0. The van der Waals surface area contributed by atoms with Gasteiger partial charge in [-0.1, -0.05) is 0 Å². The van der Waals surface area contributed by atoms with Gasteiger partial charge in [0, 0.05) is 5.92 Å². The molecule has 0 heteroatoms. The SMILES string of the molecule is [CH2+]C1CC1C1CC1. The summed E-state index contributed by atoms with van der Waals surface area (Å²) in [5.74, 6) is 3.05. The second-order valence-corrected chi connectivity index (χ2v) is 3.00. The summed E-state index contributed by atoms with van der Waals surface area (Å²) >= 11 is 0. The van der Waals surface area contributed by atoms with Crippen molar-refractivity contribution in [2.24, 2.45) is 17.8 Å². The first kappa shape index (κ1) is 3.82. The van der Waals surface area contributed by atoms with Gasteiger partial charge in [-0.3, -0.25) is 0 Å². The molecule has 0 heterocycles. The van der Waals surface area contributed by atoms with Gasteiger partial charge in [-0.2, -0.15) is 0 Å². The van der Waals surface area contributed by atoms with Crippen molar-refractivity contribution >= 4 is 0 Å². The van der Waals surface area contributed by atoms with Crippen molar-refractivity contribution in [2.45, 2.75) is 19.3 Å². The molecule has 2 saturated carbocycles. The Labute approximate surface area is 44.9 Å². The topological polar surface area (TPSA) is 0 Å². The van der Waals surface area contributed by atoms with E-state index in [1.54, 1.807) is 0 Å². The Kier molecular flexibility index (Phi) is 0.539. The lowest BCUT2D eigenvalue weighted by Crippen LogP contribution is -1.77. The third-order valence-corrected chi connectivity index (χ3v) is 2.20. The maximum atomic E-state index is 3.99. The van der Waals surface area contributed by atoms with Crippen LogP contribution in [0.1, 0.15) is 19.3 Å². The highest BCUT2D eigenvalue weighted by Crippen LogP contribution is 2.53. The maximum absolute atomic E-state index is 3.99. The molecule has 0 N–H and O–H groups in total. The van der Waals surface area contributed by atoms with Crippen LogP contribution in [-0.4, -0.2) is 0 Å². The molecule has 2 unspecified atom stereocenters. The van der Waals surface area contributed by atoms with Crippen LogP contribution in [-0.2, 0) is 0 Å². The van der Waals surface area contributed by atoms with Crippen LogP contribution in [0, 0.1) is 24.7 Å². The van der Waals surface area contributed by atoms with Crippen molar-refractivity contribution in [3.63, 3.8) is 0 Å². The Bertz CT molecular complexity index is 82.0. The van der Waals surface area contributed by atoms with Crippen molar-refractivity contribution in [2.75, 3.05) is 0 Å². The molecule has 2 fully saturated rings. The Morgan fingerprint density at radius 3 is 2.00 bits per heavy atom. The van der Waals surface area contributed by atoms with Crippen molar-refractivity contribution in [1.82, 2.24) is 0 Å². The van der Waals surface area contributed by atoms with E-state index in [2.05, 4.69) is 6.92 Å². The van der Waals surface area contributed by atoms with Gasteiger partial charge in [-0.25, -0.2) is 0 Å². The van der Waals surface area contributed by atoms with Crippen molar-refractivity contribution in [3.05, 3.63) is 6.92 Å². The van der Waals surface area contributed by atoms with E-state index >= 15 is 0 Å². The van der Waals surface area contributed by atoms with Crippen molar-refractivity contribution in [3.8, 4) is 0 Å². The fourth-order valence-electron chi connectivity index (χ4n) is 1.37. The molecule has 0 bridgehead atoms. The molecule has 0 aromatic rings. The summed E-state index contributed by atoms with van der Waals surface area (Å²) in [6, 6.07) is 0. The highest BCUT2D eigenvalue weighted by Gasteiger charge is 2.49. The minimum Gasteiger partial charge on any atom is -0.0497 e. The molecule has 0 nitrogen and oxygen atoms in total. The van der Waals surface area contributed by atoms with E-state index in [1.165, 1.54) is 19.3 Å². The normalized spacial score (nSPS) is 49.1. The van der Waals surface area contributed by atoms with Crippen LogP contribution >= 0.6 is 0 Å². The van der Waals surface area contributed by atoms with Crippen LogP contribution in [0.25, 0.3) is 0 Å². The molecule has 0 amide bonds. The third-order valence-electron chi connectivity index (χ3n) is 2.20. The molecule has 0 saturated heterocycles. The fraction of sp³-hybridized carbons (Fsp3) is 0.857. The molecule has 7 heavy (non-hydrogen) atoms. The van der Waals surface area contributed by atoms with Crippen molar-refractivity contribution < 1.29 is 0 Å². The van der Waals surface area contributed by atoms with Crippen LogP contribution in [0.3, 0.4) is 0 Å². The number of hydrogen-bond donors (Lipinski definition) is 0. The standard InChI is InChI=1S/C7H11/c1-5-4-7(5)6-2-3-6/h5-7H,1-4H2/q+1. The summed E-state index contributed by atoms with van der Waals surface area (Å²) in [6.45, 7) is 3.99. The van der Waals surface area contributed by atoms with E-state index in [1.807, 2.05) is 0 Å². The van der Waals surface area contributed by atoms with Gasteiger partial charge in [0.15, 0.2) is 0 Å². The third kappa shape index (κ3) is 0.531. The van der Waals surface area contributed by atoms with Gasteiger partial charge in [0.05, 0.1) is 12.8 Å². The molecule has 2 rings (SSSR count). The van der Waals surface area contributed by atoms with Gasteiger partial charge >= 0.3 is 0 Å². The fourth-order valence-corrected chi connectivity index (χ4v) is 1.37. The second kappa shape index (κ2) is 0.988. The molecule has 2 atom stereocenters. The monoisotopic (exact) mass is 95.1 g/mol. The smallest absolute Gasteiger partial charge is 0.0497 e. The molecule has 2 aliphatic rings. The van der Waals surface area contributed by atoms with Gasteiger partial charge in [0.2, 0.25) is 0 Å². The maximum Gasteiger partial charge on any atom is 0.0989 e. The summed E-state index contributed by atoms with van der Waals surface area (Å²) < 4.78 is 0. The molecule has 38 valence electrons. The molecule has 0 aromatic carbocycles. The quantitative estimate of drug-likeness (QED) is 0.436. The van der Waals surface area contributed by atoms with Crippen LogP contribution in [0.2, 0.25) is 0 Å². The predicted octanol–water partition coefficient (Wildman–Crippen LogP) is 1.87. The van der Waals surface area contributed by atoms with E-state index < -0.39 is 0 Å². The highest BCUT2D eigenvalue weighted by atomic mass is 14.5. The summed E-state index contributed by atoms with van der Waals surface area (Å²) in [6.07, 6.45) is 4.46. The number of rotatable bonds is 1. The molecule has 0 radical (unpaired) electrons. The van der Waals surface area contributed by atoms with E-state index in [0.717, 1.165) is 17.8 Å². The average Bonchev–Trinajstić information content (AvgIpc) is 2.23. The van der Waals surface area contributed by atoms with Crippen LogP contribution < -0.4 is 0 Å².